The number of piperidine rings is 1. The highest BCUT2D eigenvalue weighted by Crippen LogP contribution is 2.35. The zero-order valence-electron chi connectivity index (χ0n) is 9.91. The summed E-state index contributed by atoms with van der Waals surface area (Å²) in [5.41, 5.74) is 7.82. The van der Waals surface area contributed by atoms with E-state index in [0.717, 1.165) is 29.5 Å². The molecule has 1 aromatic rings. The Balaban J connectivity index is 2.29. The van der Waals surface area contributed by atoms with E-state index in [4.69, 9.17) is 17.3 Å². The number of benzene rings is 1. The van der Waals surface area contributed by atoms with Crippen molar-refractivity contribution < 1.29 is 0 Å². The van der Waals surface area contributed by atoms with Gasteiger partial charge in [-0.15, -0.1) is 0 Å². The van der Waals surface area contributed by atoms with Gasteiger partial charge in [0, 0.05) is 13.1 Å². The quantitative estimate of drug-likeness (QED) is 0.760. The van der Waals surface area contributed by atoms with E-state index < -0.39 is 0 Å². The fourth-order valence-electron chi connectivity index (χ4n) is 2.71. The summed E-state index contributed by atoms with van der Waals surface area (Å²) in [6.07, 6.45) is 1.29. The molecule has 1 aliphatic rings. The standard InChI is InChI=1S/C13H19ClN2/c1-9-6-10(2)8-16(7-9)13-11(14)4-3-5-12(13)15/h3-5,9-10H,6-8,15H2,1-2H3/t9-,10-/m1/s1. The van der Waals surface area contributed by atoms with E-state index >= 15 is 0 Å². The molecule has 16 heavy (non-hydrogen) atoms. The zero-order valence-corrected chi connectivity index (χ0v) is 10.7. The molecule has 2 N–H and O–H groups in total. The second-order valence-corrected chi connectivity index (χ2v) is 5.44. The molecule has 0 saturated carbocycles. The van der Waals surface area contributed by atoms with Crippen LogP contribution in [0.1, 0.15) is 20.3 Å². The number of para-hydroxylation sites is 1. The van der Waals surface area contributed by atoms with E-state index in [9.17, 15) is 0 Å². The molecular formula is C13H19ClN2. The van der Waals surface area contributed by atoms with Gasteiger partial charge in [-0.3, -0.25) is 0 Å². The van der Waals surface area contributed by atoms with E-state index in [1.165, 1.54) is 6.42 Å². The van der Waals surface area contributed by atoms with Crippen LogP contribution in [0.25, 0.3) is 0 Å². The van der Waals surface area contributed by atoms with Crippen molar-refractivity contribution in [3.63, 3.8) is 0 Å². The number of nitrogen functional groups attached to an aromatic ring is 1. The lowest BCUT2D eigenvalue weighted by atomic mass is 9.91. The number of hydrogen-bond donors (Lipinski definition) is 1. The third-order valence-electron chi connectivity index (χ3n) is 3.20. The lowest BCUT2D eigenvalue weighted by Crippen LogP contribution is -2.39. The van der Waals surface area contributed by atoms with Crippen molar-refractivity contribution in [3.05, 3.63) is 23.2 Å². The van der Waals surface area contributed by atoms with Crippen LogP contribution in [0.4, 0.5) is 11.4 Å². The molecule has 0 unspecified atom stereocenters. The van der Waals surface area contributed by atoms with Gasteiger partial charge in [0.15, 0.2) is 0 Å². The molecule has 0 spiro atoms. The van der Waals surface area contributed by atoms with Gasteiger partial charge in [0.2, 0.25) is 0 Å². The molecule has 3 heteroatoms. The summed E-state index contributed by atoms with van der Waals surface area (Å²) >= 11 is 6.24. The van der Waals surface area contributed by atoms with Gasteiger partial charge in [-0.05, 0) is 30.4 Å². The van der Waals surface area contributed by atoms with Crippen LogP contribution in [0.15, 0.2) is 18.2 Å². The van der Waals surface area contributed by atoms with Crippen molar-refractivity contribution in [2.75, 3.05) is 23.7 Å². The summed E-state index contributed by atoms with van der Waals surface area (Å²) in [7, 11) is 0. The van der Waals surface area contributed by atoms with E-state index in [1.807, 2.05) is 18.2 Å². The number of nitrogens with two attached hydrogens (primary N) is 1. The highest BCUT2D eigenvalue weighted by molar-refractivity contribution is 6.34. The lowest BCUT2D eigenvalue weighted by molar-refractivity contribution is 0.357. The third kappa shape index (κ3) is 2.27. The fourth-order valence-corrected chi connectivity index (χ4v) is 3.01. The van der Waals surface area contributed by atoms with Gasteiger partial charge in [0.05, 0.1) is 16.4 Å². The maximum absolute atomic E-state index is 6.24. The smallest absolute Gasteiger partial charge is 0.0789 e. The summed E-state index contributed by atoms with van der Waals surface area (Å²) in [4.78, 5) is 2.33. The van der Waals surface area contributed by atoms with Crippen molar-refractivity contribution in [2.24, 2.45) is 11.8 Å². The Morgan fingerprint density at radius 3 is 2.44 bits per heavy atom. The van der Waals surface area contributed by atoms with E-state index in [1.54, 1.807) is 0 Å². The normalized spacial score (nSPS) is 25.8. The minimum absolute atomic E-state index is 0.708. The van der Waals surface area contributed by atoms with Gasteiger partial charge in [0.1, 0.15) is 0 Å². The summed E-state index contributed by atoms with van der Waals surface area (Å²) in [6, 6.07) is 5.74. The molecule has 1 fully saturated rings. The zero-order chi connectivity index (χ0) is 11.7. The topological polar surface area (TPSA) is 29.3 Å². The van der Waals surface area contributed by atoms with Crippen LogP contribution < -0.4 is 10.6 Å². The fraction of sp³-hybridized carbons (Fsp3) is 0.538. The van der Waals surface area contributed by atoms with Crippen molar-refractivity contribution in [2.45, 2.75) is 20.3 Å². The van der Waals surface area contributed by atoms with Crippen LogP contribution >= 0.6 is 11.6 Å². The van der Waals surface area contributed by atoms with Gasteiger partial charge in [-0.1, -0.05) is 31.5 Å². The number of nitrogens with zero attached hydrogens (tertiary/aromatic N) is 1. The van der Waals surface area contributed by atoms with Crippen LogP contribution in [0, 0.1) is 11.8 Å². The van der Waals surface area contributed by atoms with Crippen molar-refractivity contribution in [1.82, 2.24) is 0 Å². The Morgan fingerprint density at radius 1 is 1.25 bits per heavy atom. The van der Waals surface area contributed by atoms with E-state index in [2.05, 4.69) is 18.7 Å². The minimum atomic E-state index is 0.708. The molecule has 1 aromatic carbocycles. The summed E-state index contributed by atoms with van der Waals surface area (Å²) in [5, 5.41) is 0.765. The van der Waals surface area contributed by atoms with Crippen molar-refractivity contribution in [3.8, 4) is 0 Å². The summed E-state index contributed by atoms with van der Waals surface area (Å²) < 4.78 is 0. The molecule has 1 heterocycles. The number of halogens is 1. The first-order chi connectivity index (χ1) is 7.58. The monoisotopic (exact) mass is 238 g/mol. The van der Waals surface area contributed by atoms with Crippen LogP contribution in [0.2, 0.25) is 5.02 Å². The Bertz CT molecular complexity index is 348. The predicted molar refractivity (Wildman–Crippen MR) is 71.0 cm³/mol. The molecule has 1 aliphatic heterocycles. The number of rotatable bonds is 1. The van der Waals surface area contributed by atoms with Crippen molar-refractivity contribution >= 4 is 23.0 Å². The van der Waals surface area contributed by atoms with Gasteiger partial charge < -0.3 is 10.6 Å². The maximum atomic E-state index is 6.24. The van der Waals surface area contributed by atoms with Crippen LogP contribution in [0.5, 0.6) is 0 Å². The molecule has 2 rings (SSSR count). The Morgan fingerprint density at radius 2 is 1.88 bits per heavy atom. The van der Waals surface area contributed by atoms with E-state index in [-0.39, 0.29) is 0 Å². The van der Waals surface area contributed by atoms with E-state index in [0.29, 0.717) is 11.8 Å². The molecule has 0 aromatic heterocycles. The maximum Gasteiger partial charge on any atom is 0.0789 e. The highest BCUT2D eigenvalue weighted by Gasteiger charge is 2.24. The third-order valence-corrected chi connectivity index (χ3v) is 3.51. The Kier molecular flexibility index (Phi) is 3.29. The van der Waals surface area contributed by atoms with Gasteiger partial charge >= 0.3 is 0 Å². The number of anilines is 2. The average molecular weight is 239 g/mol. The van der Waals surface area contributed by atoms with Crippen molar-refractivity contribution in [1.29, 1.82) is 0 Å². The molecule has 2 atom stereocenters. The first kappa shape index (κ1) is 11.6. The first-order valence-corrected chi connectivity index (χ1v) is 6.24. The molecule has 0 aliphatic carbocycles. The Labute approximate surface area is 102 Å². The van der Waals surface area contributed by atoms with Gasteiger partial charge in [0.25, 0.3) is 0 Å². The first-order valence-electron chi connectivity index (χ1n) is 5.87. The molecule has 0 radical (unpaired) electrons. The number of hydrogen-bond acceptors (Lipinski definition) is 2. The molecule has 0 bridgehead atoms. The lowest BCUT2D eigenvalue weighted by Gasteiger charge is -2.37. The molecular weight excluding hydrogens is 220 g/mol. The molecule has 2 nitrogen and oxygen atoms in total. The Hall–Kier alpha value is -0.890. The molecule has 88 valence electrons. The van der Waals surface area contributed by atoms with Crippen LogP contribution in [-0.2, 0) is 0 Å². The average Bonchev–Trinajstić information content (AvgIpc) is 2.15. The van der Waals surface area contributed by atoms with Crippen LogP contribution in [-0.4, -0.2) is 13.1 Å². The second-order valence-electron chi connectivity index (χ2n) is 5.03. The summed E-state index contributed by atoms with van der Waals surface area (Å²) in [6.45, 7) is 6.68. The van der Waals surface area contributed by atoms with Crippen LogP contribution in [0.3, 0.4) is 0 Å². The minimum Gasteiger partial charge on any atom is -0.397 e. The predicted octanol–water partition coefficient (Wildman–Crippen LogP) is 3.40. The second kappa shape index (κ2) is 4.54. The molecule has 1 saturated heterocycles. The largest absolute Gasteiger partial charge is 0.397 e. The summed E-state index contributed by atoms with van der Waals surface area (Å²) in [5.74, 6) is 1.42. The molecule has 0 amide bonds. The van der Waals surface area contributed by atoms with Gasteiger partial charge in [-0.25, -0.2) is 0 Å². The highest BCUT2D eigenvalue weighted by atomic mass is 35.5. The van der Waals surface area contributed by atoms with Gasteiger partial charge in [-0.2, -0.15) is 0 Å². The SMILES string of the molecule is C[C@@H]1C[C@@H](C)CN(c2c(N)cccc2Cl)C1.